The first kappa shape index (κ1) is 21.4. The van der Waals surface area contributed by atoms with Crippen LogP contribution in [0.15, 0.2) is 4.99 Å². The highest BCUT2D eigenvalue weighted by Gasteiger charge is 2.20. The maximum atomic E-state index is 11.4. The van der Waals surface area contributed by atoms with E-state index in [2.05, 4.69) is 35.9 Å². The highest BCUT2D eigenvalue weighted by Crippen LogP contribution is 2.02. The van der Waals surface area contributed by atoms with Crippen molar-refractivity contribution in [3.63, 3.8) is 0 Å². The van der Waals surface area contributed by atoms with Crippen molar-refractivity contribution < 1.29 is 4.79 Å². The highest BCUT2D eigenvalue weighted by atomic mass is 127. The summed E-state index contributed by atoms with van der Waals surface area (Å²) in [6.45, 7) is 16.2. The lowest BCUT2D eigenvalue weighted by Crippen LogP contribution is -2.53. The summed E-state index contributed by atoms with van der Waals surface area (Å²) in [6, 6.07) is 0. The van der Waals surface area contributed by atoms with Gasteiger partial charge in [0.1, 0.15) is 0 Å². The molecule has 0 bridgehead atoms. The molecular formula is C15H32IN5O. The summed E-state index contributed by atoms with van der Waals surface area (Å²) in [7, 11) is 0. The summed E-state index contributed by atoms with van der Waals surface area (Å²) in [5.41, 5.74) is 0. The Morgan fingerprint density at radius 1 is 1.09 bits per heavy atom. The smallest absolute Gasteiger partial charge is 0.219 e. The number of amides is 1. The molecule has 0 radical (unpaired) electrons. The number of aliphatic imine (C=N–C) groups is 1. The van der Waals surface area contributed by atoms with Gasteiger partial charge in [-0.3, -0.25) is 9.79 Å². The average Bonchev–Trinajstić information content (AvgIpc) is 2.50. The topological polar surface area (TPSA) is 51.2 Å². The molecule has 7 heteroatoms. The number of carbonyl (C=O) groups is 1. The van der Waals surface area contributed by atoms with Crippen LogP contribution in [-0.4, -0.2) is 85.5 Å². The van der Waals surface area contributed by atoms with Gasteiger partial charge < -0.3 is 20.0 Å². The van der Waals surface area contributed by atoms with Crippen molar-refractivity contribution in [3.8, 4) is 0 Å². The standard InChI is InChI=1S/C15H31N5O.HI/c1-5-16-15(17-8-9-18(6-2)7-3)20-12-10-19(11-13-20)14(4)21;/h5-13H2,1-4H3,(H,16,17);1H. The summed E-state index contributed by atoms with van der Waals surface area (Å²) in [5.74, 6) is 1.14. The van der Waals surface area contributed by atoms with Gasteiger partial charge in [0.2, 0.25) is 5.91 Å². The van der Waals surface area contributed by atoms with Gasteiger partial charge in [-0.05, 0) is 20.0 Å². The maximum Gasteiger partial charge on any atom is 0.219 e. The van der Waals surface area contributed by atoms with E-state index in [-0.39, 0.29) is 29.9 Å². The molecule has 1 N–H and O–H groups in total. The Labute approximate surface area is 152 Å². The number of likely N-dealkylation sites (N-methyl/N-ethyl adjacent to an activating group) is 1. The van der Waals surface area contributed by atoms with Crippen LogP contribution < -0.4 is 5.32 Å². The Morgan fingerprint density at radius 2 is 1.64 bits per heavy atom. The molecule has 0 aliphatic carbocycles. The number of nitrogens with zero attached hydrogens (tertiary/aromatic N) is 4. The Morgan fingerprint density at radius 3 is 2.09 bits per heavy atom. The lowest BCUT2D eigenvalue weighted by atomic mass is 10.3. The predicted molar refractivity (Wildman–Crippen MR) is 103 cm³/mol. The molecule has 1 aliphatic rings. The highest BCUT2D eigenvalue weighted by molar-refractivity contribution is 14.0. The van der Waals surface area contributed by atoms with Gasteiger partial charge in [0.25, 0.3) is 0 Å². The Hall–Kier alpha value is -0.570. The van der Waals surface area contributed by atoms with Crippen LogP contribution in [0.3, 0.4) is 0 Å². The Balaban J connectivity index is 0.00000441. The number of hydrogen-bond donors (Lipinski definition) is 1. The number of nitrogens with one attached hydrogen (secondary N) is 1. The summed E-state index contributed by atoms with van der Waals surface area (Å²) in [4.78, 5) is 22.6. The van der Waals surface area contributed by atoms with E-state index in [1.54, 1.807) is 6.92 Å². The summed E-state index contributed by atoms with van der Waals surface area (Å²) >= 11 is 0. The van der Waals surface area contributed by atoms with Crippen molar-refractivity contribution in [1.82, 2.24) is 20.0 Å². The molecule has 0 unspecified atom stereocenters. The van der Waals surface area contributed by atoms with Crippen LogP contribution in [0.25, 0.3) is 0 Å². The predicted octanol–water partition coefficient (Wildman–Crippen LogP) is 1.08. The van der Waals surface area contributed by atoms with Crippen molar-refractivity contribution in [3.05, 3.63) is 0 Å². The molecule has 1 heterocycles. The van der Waals surface area contributed by atoms with Gasteiger partial charge in [-0.1, -0.05) is 13.8 Å². The van der Waals surface area contributed by atoms with Crippen molar-refractivity contribution in [2.75, 3.05) is 58.9 Å². The van der Waals surface area contributed by atoms with Gasteiger partial charge in [0.15, 0.2) is 5.96 Å². The minimum absolute atomic E-state index is 0. The fourth-order valence-corrected chi connectivity index (χ4v) is 2.50. The van der Waals surface area contributed by atoms with Crippen molar-refractivity contribution in [2.45, 2.75) is 27.7 Å². The Kier molecular flexibility index (Phi) is 11.6. The molecule has 0 atom stereocenters. The number of hydrogen-bond acceptors (Lipinski definition) is 3. The van der Waals surface area contributed by atoms with Crippen molar-refractivity contribution >= 4 is 35.8 Å². The van der Waals surface area contributed by atoms with Crippen molar-refractivity contribution in [2.24, 2.45) is 4.99 Å². The molecule has 22 heavy (non-hydrogen) atoms. The lowest BCUT2D eigenvalue weighted by molar-refractivity contribution is -0.130. The quantitative estimate of drug-likeness (QED) is 0.393. The second-order valence-electron chi connectivity index (χ2n) is 5.26. The van der Waals surface area contributed by atoms with E-state index in [0.717, 1.165) is 64.9 Å². The van der Waals surface area contributed by atoms with Crippen LogP contribution in [0.5, 0.6) is 0 Å². The molecule has 1 fully saturated rings. The van der Waals surface area contributed by atoms with Gasteiger partial charge in [-0.25, -0.2) is 0 Å². The van der Waals surface area contributed by atoms with Gasteiger partial charge in [0, 0.05) is 46.2 Å². The van der Waals surface area contributed by atoms with Crippen LogP contribution in [-0.2, 0) is 4.79 Å². The molecule has 0 aromatic heterocycles. The fraction of sp³-hybridized carbons (Fsp3) is 0.867. The molecule has 1 rings (SSSR count). The fourth-order valence-electron chi connectivity index (χ4n) is 2.50. The van der Waals surface area contributed by atoms with E-state index in [0.29, 0.717) is 0 Å². The maximum absolute atomic E-state index is 11.4. The molecule has 0 spiro atoms. The van der Waals surface area contributed by atoms with Crippen LogP contribution in [0.1, 0.15) is 27.7 Å². The van der Waals surface area contributed by atoms with Gasteiger partial charge in [0.05, 0.1) is 6.54 Å². The first-order valence-electron chi connectivity index (χ1n) is 8.13. The van der Waals surface area contributed by atoms with E-state index in [4.69, 9.17) is 4.99 Å². The van der Waals surface area contributed by atoms with E-state index in [9.17, 15) is 4.79 Å². The molecule has 1 aliphatic heterocycles. The minimum Gasteiger partial charge on any atom is -0.357 e. The Bertz CT molecular complexity index is 339. The SMILES string of the molecule is CCNC(=NCCN(CC)CC)N1CCN(C(C)=O)CC1.I. The third-order valence-electron chi connectivity index (χ3n) is 3.93. The second-order valence-corrected chi connectivity index (χ2v) is 5.26. The zero-order chi connectivity index (χ0) is 15.7. The zero-order valence-electron chi connectivity index (χ0n) is 14.5. The summed E-state index contributed by atoms with van der Waals surface area (Å²) in [6.07, 6.45) is 0. The second kappa shape index (κ2) is 11.9. The molecule has 0 saturated carbocycles. The van der Waals surface area contributed by atoms with E-state index in [1.807, 2.05) is 4.90 Å². The zero-order valence-corrected chi connectivity index (χ0v) is 16.8. The molecule has 1 saturated heterocycles. The first-order valence-corrected chi connectivity index (χ1v) is 8.13. The number of rotatable bonds is 6. The molecule has 130 valence electrons. The number of piperazine rings is 1. The number of guanidine groups is 1. The monoisotopic (exact) mass is 425 g/mol. The van der Waals surface area contributed by atoms with Crippen LogP contribution in [0.4, 0.5) is 0 Å². The molecular weight excluding hydrogens is 393 g/mol. The normalized spacial score (nSPS) is 15.8. The van der Waals surface area contributed by atoms with Crippen LogP contribution in [0, 0.1) is 0 Å². The number of halogens is 1. The summed E-state index contributed by atoms with van der Waals surface area (Å²) in [5, 5.41) is 3.36. The van der Waals surface area contributed by atoms with Gasteiger partial charge in [-0.2, -0.15) is 0 Å². The molecule has 1 amide bonds. The van der Waals surface area contributed by atoms with E-state index < -0.39 is 0 Å². The summed E-state index contributed by atoms with van der Waals surface area (Å²) < 4.78 is 0. The van der Waals surface area contributed by atoms with Gasteiger partial charge in [-0.15, -0.1) is 24.0 Å². The third kappa shape index (κ3) is 7.13. The van der Waals surface area contributed by atoms with Crippen molar-refractivity contribution in [1.29, 1.82) is 0 Å². The third-order valence-corrected chi connectivity index (χ3v) is 3.93. The largest absolute Gasteiger partial charge is 0.357 e. The lowest BCUT2D eigenvalue weighted by Gasteiger charge is -2.36. The molecule has 0 aromatic rings. The minimum atomic E-state index is 0. The van der Waals surface area contributed by atoms with Crippen LogP contribution in [0.2, 0.25) is 0 Å². The van der Waals surface area contributed by atoms with Crippen LogP contribution >= 0.6 is 24.0 Å². The molecule has 6 nitrogen and oxygen atoms in total. The van der Waals surface area contributed by atoms with E-state index in [1.165, 1.54) is 0 Å². The molecule has 0 aromatic carbocycles. The van der Waals surface area contributed by atoms with E-state index >= 15 is 0 Å². The average molecular weight is 425 g/mol. The van der Waals surface area contributed by atoms with Gasteiger partial charge >= 0.3 is 0 Å². The number of carbonyl (C=O) groups excluding carboxylic acids is 1. The first-order chi connectivity index (χ1) is 10.1.